The molecule has 23 heavy (non-hydrogen) atoms. The summed E-state index contributed by atoms with van der Waals surface area (Å²) in [6.07, 6.45) is -4.16. The molecule has 6 unspecified atom stereocenters. The van der Waals surface area contributed by atoms with Gasteiger partial charge in [-0.3, -0.25) is 4.57 Å². The summed E-state index contributed by atoms with van der Waals surface area (Å²) in [7, 11) is -4.66. The van der Waals surface area contributed by atoms with Gasteiger partial charge in [0.2, 0.25) is 0 Å². The minimum Gasteiger partial charge on any atom is -0.756 e. The zero-order valence-corrected chi connectivity index (χ0v) is 16.5. The van der Waals surface area contributed by atoms with Gasteiger partial charge in [-0.25, -0.2) is 0 Å². The van der Waals surface area contributed by atoms with Gasteiger partial charge < -0.3 is 29.3 Å². The number of thioether (sulfide) groups is 1. The number of hydrogen-bond acceptors (Lipinski definition) is 8. The Morgan fingerprint density at radius 3 is 2.39 bits per heavy atom. The van der Waals surface area contributed by atoms with Gasteiger partial charge in [0.05, 0.1) is 12.7 Å². The molecule has 0 aromatic heterocycles. The number of phosphoric acid groups is 1. The normalized spacial score (nSPS) is 33.5. The first kappa shape index (κ1) is 21.6. The minimum absolute atomic E-state index is 0. The van der Waals surface area contributed by atoms with Crippen LogP contribution in [0.5, 0.6) is 0 Å². The molecule has 1 saturated heterocycles. The molecule has 1 aliphatic rings. The van der Waals surface area contributed by atoms with E-state index < -0.39 is 36.8 Å². The molecule has 7 nitrogen and oxygen atoms in total. The van der Waals surface area contributed by atoms with Crippen LogP contribution in [0.25, 0.3) is 0 Å². The van der Waals surface area contributed by atoms with Gasteiger partial charge in [0, 0.05) is 5.25 Å². The molecule has 2 rings (SSSR count). The average molecular weight is 372 g/mol. The summed E-state index contributed by atoms with van der Waals surface area (Å²) in [5, 5.41) is 28.6. The van der Waals surface area contributed by atoms with Crippen molar-refractivity contribution in [1.82, 2.24) is 0 Å². The molecule has 1 heterocycles. The summed E-state index contributed by atoms with van der Waals surface area (Å²) in [6.45, 7) is 1.41. The molecule has 0 bridgehead atoms. The van der Waals surface area contributed by atoms with Crippen molar-refractivity contribution >= 4 is 19.6 Å². The molecule has 10 heteroatoms. The summed E-state index contributed by atoms with van der Waals surface area (Å²) >= 11 is 0.920. The van der Waals surface area contributed by atoms with Crippen molar-refractivity contribution in [3.8, 4) is 0 Å². The monoisotopic (exact) mass is 372 g/mol. The fourth-order valence-electron chi connectivity index (χ4n) is 1.99. The van der Waals surface area contributed by atoms with Crippen molar-refractivity contribution in [3.05, 3.63) is 35.9 Å². The zero-order chi connectivity index (χ0) is 16.3. The number of benzene rings is 1. The van der Waals surface area contributed by atoms with Gasteiger partial charge in [-0.05, 0) is 5.56 Å². The van der Waals surface area contributed by atoms with Gasteiger partial charge in [0.15, 0.2) is 0 Å². The van der Waals surface area contributed by atoms with E-state index in [-0.39, 0.29) is 36.2 Å². The van der Waals surface area contributed by atoms with Gasteiger partial charge in [-0.1, -0.05) is 37.3 Å². The minimum atomic E-state index is -4.66. The van der Waals surface area contributed by atoms with E-state index in [0.717, 1.165) is 11.8 Å². The van der Waals surface area contributed by atoms with Gasteiger partial charge in [0.25, 0.3) is 7.82 Å². The summed E-state index contributed by atoms with van der Waals surface area (Å²) in [5.41, 5.74) is -0.574. The average Bonchev–Trinajstić information content (AvgIpc) is 2.49. The molecule has 1 aromatic rings. The van der Waals surface area contributed by atoms with E-state index >= 15 is 0 Å². The maximum atomic E-state index is 11.8. The number of rotatable bonds is 5. The van der Waals surface area contributed by atoms with Crippen molar-refractivity contribution < 1.29 is 63.4 Å². The number of aliphatic hydroxyl groups is 3. The maximum Gasteiger partial charge on any atom is 1.00 e. The fourth-order valence-corrected chi connectivity index (χ4v) is 4.32. The Morgan fingerprint density at radius 2 is 1.78 bits per heavy atom. The Morgan fingerprint density at radius 1 is 1.17 bits per heavy atom. The summed E-state index contributed by atoms with van der Waals surface area (Å²) in [6, 6.07) is 8.68. The molecular weight excluding hydrogens is 354 g/mol. The summed E-state index contributed by atoms with van der Waals surface area (Å²) < 4.78 is 21.4. The molecule has 0 saturated carbocycles. The third-order valence-corrected chi connectivity index (χ3v) is 5.70. The third-order valence-electron chi connectivity index (χ3n) is 3.27. The molecule has 0 aliphatic carbocycles. The third kappa shape index (κ3) is 6.09. The van der Waals surface area contributed by atoms with Gasteiger partial charge in [-0.2, -0.15) is 0 Å². The van der Waals surface area contributed by atoms with E-state index in [9.17, 15) is 24.8 Å². The largest absolute Gasteiger partial charge is 1.00 e. The molecular formula is C13H18NaO7PS. The Balaban J connectivity index is 0.00000264. The van der Waals surface area contributed by atoms with Crippen LogP contribution in [-0.2, 0) is 20.2 Å². The van der Waals surface area contributed by atoms with E-state index in [1.54, 1.807) is 37.3 Å². The molecule has 1 aromatic carbocycles. The van der Waals surface area contributed by atoms with Crippen LogP contribution in [0, 0.1) is 0 Å². The van der Waals surface area contributed by atoms with Crippen LogP contribution in [-0.4, -0.2) is 44.3 Å². The van der Waals surface area contributed by atoms with Crippen LogP contribution < -0.4 is 34.5 Å². The quantitative estimate of drug-likeness (QED) is 0.376. The molecule has 1 fully saturated rings. The van der Waals surface area contributed by atoms with Crippen LogP contribution in [0.3, 0.4) is 0 Å². The van der Waals surface area contributed by atoms with Crippen LogP contribution in [0.1, 0.15) is 12.5 Å². The van der Waals surface area contributed by atoms with Gasteiger partial charge >= 0.3 is 29.6 Å². The van der Waals surface area contributed by atoms with Crippen LogP contribution in [0.2, 0.25) is 0 Å². The molecule has 124 valence electrons. The first-order valence-electron chi connectivity index (χ1n) is 6.68. The van der Waals surface area contributed by atoms with Crippen LogP contribution in [0.15, 0.2) is 30.3 Å². The first-order chi connectivity index (χ1) is 10.3. The summed E-state index contributed by atoms with van der Waals surface area (Å²) in [5.74, 6) is 0. The van der Waals surface area contributed by atoms with E-state index in [2.05, 4.69) is 0 Å². The Hall–Kier alpha value is 0.560. The zero-order valence-electron chi connectivity index (χ0n) is 12.8. The van der Waals surface area contributed by atoms with Crippen molar-refractivity contribution in [1.29, 1.82) is 0 Å². The van der Waals surface area contributed by atoms with Crippen molar-refractivity contribution in [3.63, 3.8) is 0 Å². The van der Waals surface area contributed by atoms with Crippen molar-refractivity contribution in [2.45, 2.75) is 42.5 Å². The van der Waals surface area contributed by atoms with Gasteiger partial charge in [-0.15, -0.1) is 11.8 Å². The fraction of sp³-hybridized carbons (Fsp3) is 0.538. The van der Waals surface area contributed by atoms with Crippen LogP contribution in [0.4, 0.5) is 0 Å². The second-order valence-electron chi connectivity index (χ2n) is 4.99. The Bertz CT molecular complexity index is 534. The number of aliphatic hydroxyl groups excluding tert-OH is 3. The predicted octanol–water partition coefficient (Wildman–Crippen LogP) is -2.76. The SMILES string of the molecule is CC1SC(OP(=O)([O-])OCc2ccccc2)C(O)C(O)C1O.[Na+]. The molecule has 0 radical (unpaired) electrons. The van der Waals surface area contributed by atoms with E-state index in [0.29, 0.717) is 5.56 Å². The molecule has 1 aliphatic heterocycles. The standard InChI is InChI=1S/C13H19O7PS.Na/c1-8-10(14)11(15)12(16)13(22-8)20-21(17,18)19-7-9-5-3-2-4-6-9;/h2-6,8,10-16H,7H2,1H3,(H,17,18);/q;+1/p-1. The molecule has 6 atom stereocenters. The van der Waals surface area contributed by atoms with E-state index in [1.807, 2.05) is 0 Å². The first-order valence-corrected chi connectivity index (χ1v) is 9.08. The van der Waals surface area contributed by atoms with E-state index in [4.69, 9.17) is 9.05 Å². The number of hydrogen-bond donors (Lipinski definition) is 3. The van der Waals surface area contributed by atoms with Crippen LogP contribution >= 0.6 is 19.6 Å². The second kappa shape index (κ2) is 9.31. The summed E-state index contributed by atoms with van der Waals surface area (Å²) in [4.78, 5) is 11.8. The smallest absolute Gasteiger partial charge is 0.756 e. The molecule has 0 amide bonds. The van der Waals surface area contributed by atoms with E-state index in [1.165, 1.54) is 0 Å². The maximum absolute atomic E-state index is 11.8. The predicted molar refractivity (Wildman–Crippen MR) is 78.8 cm³/mol. The second-order valence-corrected chi connectivity index (χ2v) is 7.84. The Labute approximate surface area is 160 Å². The molecule has 3 N–H and O–H groups in total. The topological polar surface area (TPSA) is 119 Å². The van der Waals surface area contributed by atoms with Gasteiger partial charge in [0.1, 0.15) is 17.6 Å². The van der Waals surface area contributed by atoms with Crippen molar-refractivity contribution in [2.75, 3.05) is 0 Å². The Kier molecular flexibility index (Phi) is 8.75. The number of phosphoric ester groups is 1. The molecule has 0 spiro atoms. The van der Waals surface area contributed by atoms with Crippen molar-refractivity contribution in [2.24, 2.45) is 0 Å².